The lowest BCUT2D eigenvalue weighted by atomic mass is 10.1. The maximum Gasteiger partial charge on any atom is 0.416 e. The molecule has 1 N–H and O–H groups in total. The smallest absolute Gasteiger partial charge is 0.416 e. The Morgan fingerprint density at radius 3 is 2.29 bits per heavy atom. The summed E-state index contributed by atoms with van der Waals surface area (Å²) in [7, 11) is -4.29. The summed E-state index contributed by atoms with van der Waals surface area (Å²) in [5.74, 6) is -2.65. The van der Waals surface area contributed by atoms with Gasteiger partial charge in [0.05, 0.1) is 16.5 Å². The third-order valence-electron chi connectivity index (χ3n) is 5.67. The summed E-state index contributed by atoms with van der Waals surface area (Å²) in [5, 5.41) is 9.64. The number of aliphatic carboxylic acids is 1. The van der Waals surface area contributed by atoms with Crippen molar-refractivity contribution in [2.75, 3.05) is 13.1 Å². The van der Waals surface area contributed by atoms with Crippen molar-refractivity contribution in [2.24, 2.45) is 0 Å². The zero-order valence-corrected chi connectivity index (χ0v) is 19.4. The SMILES string of the molecule is CC(=O)N1CCN(S(=O)(=O)c2ccc(OCc3cc(F)ccc3C(F)(F)F)cc2)C(C(=O)O)C1C. The summed E-state index contributed by atoms with van der Waals surface area (Å²) >= 11 is 0. The van der Waals surface area contributed by atoms with Gasteiger partial charge in [0.25, 0.3) is 0 Å². The van der Waals surface area contributed by atoms with Gasteiger partial charge in [-0.05, 0) is 49.4 Å². The first-order chi connectivity index (χ1) is 16.2. The summed E-state index contributed by atoms with van der Waals surface area (Å²) in [6.45, 7) is 1.86. The molecule has 0 aliphatic carbocycles. The number of halogens is 4. The molecule has 1 saturated heterocycles. The molecule has 13 heteroatoms. The molecular weight excluding hydrogens is 496 g/mol. The Balaban J connectivity index is 1.80. The standard InChI is InChI=1S/C22H22F4N2O6S/c1-13-20(21(30)31)28(10-9-27(13)14(2)29)35(32,33)18-6-4-17(5-7-18)34-12-15-11-16(23)3-8-19(15)22(24,25)26/h3-8,11,13,20H,9-10,12H2,1-2H3,(H,30,31). The fourth-order valence-electron chi connectivity index (χ4n) is 3.97. The zero-order valence-electron chi connectivity index (χ0n) is 18.6. The molecule has 0 bridgehead atoms. The number of carbonyl (C=O) groups excluding carboxylic acids is 1. The number of benzene rings is 2. The van der Waals surface area contributed by atoms with E-state index >= 15 is 0 Å². The summed E-state index contributed by atoms with van der Waals surface area (Å²) in [4.78, 5) is 24.6. The number of carbonyl (C=O) groups is 2. The summed E-state index contributed by atoms with van der Waals surface area (Å²) in [6, 6.07) is 4.23. The van der Waals surface area contributed by atoms with Crippen LogP contribution in [0.2, 0.25) is 0 Å². The highest BCUT2D eigenvalue weighted by molar-refractivity contribution is 7.89. The summed E-state index contributed by atoms with van der Waals surface area (Å²) < 4.78 is 85.3. The molecule has 0 spiro atoms. The molecule has 1 heterocycles. The monoisotopic (exact) mass is 518 g/mol. The highest BCUT2D eigenvalue weighted by atomic mass is 32.2. The number of alkyl halides is 3. The molecule has 0 saturated carbocycles. The number of carboxylic acids is 1. The van der Waals surface area contributed by atoms with E-state index in [9.17, 15) is 40.7 Å². The van der Waals surface area contributed by atoms with E-state index in [-0.39, 0.29) is 29.6 Å². The minimum absolute atomic E-state index is 0.00980. The normalized spacial score (nSPS) is 19.4. The fraction of sp³-hybridized carbons (Fsp3) is 0.364. The van der Waals surface area contributed by atoms with E-state index in [0.29, 0.717) is 18.2 Å². The molecule has 1 aliphatic heterocycles. The number of hydrogen-bond donors (Lipinski definition) is 1. The molecule has 0 aromatic heterocycles. The van der Waals surface area contributed by atoms with Crippen LogP contribution in [0.25, 0.3) is 0 Å². The third-order valence-corrected chi connectivity index (χ3v) is 7.57. The van der Waals surface area contributed by atoms with E-state index in [4.69, 9.17) is 4.74 Å². The number of carboxylic acid groups (broad SMARTS) is 1. The average Bonchev–Trinajstić information content (AvgIpc) is 2.76. The Labute approximate surface area is 198 Å². The van der Waals surface area contributed by atoms with Crippen LogP contribution < -0.4 is 4.74 Å². The molecule has 2 atom stereocenters. The van der Waals surface area contributed by atoms with Crippen LogP contribution in [0.3, 0.4) is 0 Å². The van der Waals surface area contributed by atoms with Crippen LogP contribution in [-0.2, 0) is 32.4 Å². The van der Waals surface area contributed by atoms with Gasteiger partial charge in [-0.25, -0.2) is 12.8 Å². The number of nitrogens with zero attached hydrogens (tertiary/aromatic N) is 2. The summed E-state index contributed by atoms with van der Waals surface area (Å²) in [5.41, 5.74) is -1.49. The molecule has 3 rings (SSSR count). The second-order valence-electron chi connectivity index (χ2n) is 7.91. The van der Waals surface area contributed by atoms with Crippen molar-refractivity contribution in [1.82, 2.24) is 9.21 Å². The van der Waals surface area contributed by atoms with Crippen molar-refractivity contribution in [3.63, 3.8) is 0 Å². The van der Waals surface area contributed by atoms with E-state index < -0.39 is 57.8 Å². The Morgan fingerprint density at radius 1 is 1.11 bits per heavy atom. The van der Waals surface area contributed by atoms with Gasteiger partial charge in [-0.15, -0.1) is 0 Å². The van der Waals surface area contributed by atoms with Crippen LogP contribution in [-0.4, -0.2) is 59.8 Å². The van der Waals surface area contributed by atoms with Gasteiger partial charge in [0.1, 0.15) is 24.2 Å². The zero-order chi connectivity index (χ0) is 26.1. The Bertz CT molecular complexity index is 1220. The number of sulfonamides is 1. The minimum Gasteiger partial charge on any atom is -0.489 e. The molecule has 2 unspecified atom stereocenters. The largest absolute Gasteiger partial charge is 0.489 e. The van der Waals surface area contributed by atoms with Crippen LogP contribution in [0.15, 0.2) is 47.4 Å². The van der Waals surface area contributed by atoms with Crippen molar-refractivity contribution in [3.05, 3.63) is 59.4 Å². The maximum atomic E-state index is 13.4. The Morgan fingerprint density at radius 2 is 1.74 bits per heavy atom. The summed E-state index contributed by atoms with van der Waals surface area (Å²) in [6.07, 6.45) is -4.71. The van der Waals surface area contributed by atoms with E-state index in [0.717, 1.165) is 16.4 Å². The van der Waals surface area contributed by atoms with E-state index in [1.165, 1.54) is 30.9 Å². The molecule has 190 valence electrons. The van der Waals surface area contributed by atoms with Gasteiger partial charge in [-0.2, -0.15) is 17.5 Å². The molecule has 8 nitrogen and oxygen atoms in total. The predicted octanol–water partition coefficient (Wildman–Crippen LogP) is 3.12. The highest BCUT2D eigenvalue weighted by Crippen LogP contribution is 2.33. The van der Waals surface area contributed by atoms with Crippen LogP contribution >= 0.6 is 0 Å². The van der Waals surface area contributed by atoms with Gasteiger partial charge >= 0.3 is 12.1 Å². The molecule has 1 fully saturated rings. The molecule has 35 heavy (non-hydrogen) atoms. The number of rotatable bonds is 6. The molecular formula is C22H22F4N2O6S. The van der Waals surface area contributed by atoms with Crippen molar-refractivity contribution < 1.29 is 45.4 Å². The number of ether oxygens (including phenoxy) is 1. The van der Waals surface area contributed by atoms with Gasteiger partial charge < -0.3 is 14.7 Å². The van der Waals surface area contributed by atoms with Gasteiger partial charge in [-0.1, -0.05) is 0 Å². The first-order valence-corrected chi connectivity index (χ1v) is 11.8. The van der Waals surface area contributed by atoms with Gasteiger partial charge in [-0.3, -0.25) is 9.59 Å². The topological polar surface area (TPSA) is 104 Å². The Hall–Kier alpha value is -3.19. The lowest BCUT2D eigenvalue weighted by Gasteiger charge is -2.43. The lowest BCUT2D eigenvalue weighted by molar-refractivity contribution is -0.148. The van der Waals surface area contributed by atoms with Crippen molar-refractivity contribution in [3.8, 4) is 5.75 Å². The predicted molar refractivity (Wildman–Crippen MR) is 114 cm³/mol. The number of piperazine rings is 1. The maximum absolute atomic E-state index is 13.4. The first kappa shape index (κ1) is 26.4. The molecule has 2 aromatic rings. The second-order valence-corrected chi connectivity index (χ2v) is 9.80. The van der Waals surface area contributed by atoms with Gasteiger partial charge in [0.2, 0.25) is 15.9 Å². The molecule has 2 aromatic carbocycles. The van der Waals surface area contributed by atoms with Crippen molar-refractivity contribution in [2.45, 2.75) is 43.6 Å². The van der Waals surface area contributed by atoms with Crippen LogP contribution in [0.1, 0.15) is 25.0 Å². The first-order valence-electron chi connectivity index (χ1n) is 10.3. The van der Waals surface area contributed by atoms with Gasteiger partial charge in [0.15, 0.2) is 0 Å². The molecule has 0 radical (unpaired) electrons. The number of hydrogen-bond acceptors (Lipinski definition) is 5. The minimum atomic E-state index is -4.71. The lowest BCUT2D eigenvalue weighted by Crippen LogP contribution is -2.63. The van der Waals surface area contributed by atoms with Crippen LogP contribution in [0.4, 0.5) is 17.6 Å². The third kappa shape index (κ3) is 5.56. The van der Waals surface area contributed by atoms with Crippen LogP contribution in [0, 0.1) is 5.82 Å². The van der Waals surface area contributed by atoms with Crippen LogP contribution in [0.5, 0.6) is 5.75 Å². The van der Waals surface area contributed by atoms with Crippen molar-refractivity contribution in [1.29, 1.82) is 0 Å². The van der Waals surface area contributed by atoms with Crippen molar-refractivity contribution >= 4 is 21.9 Å². The quantitative estimate of drug-likeness (QED) is 0.590. The van der Waals surface area contributed by atoms with E-state index in [1.807, 2.05) is 0 Å². The molecule has 1 aliphatic rings. The second kappa shape index (κ2) is 9.82. The average molecular weight is 518 g/mol. The van der Waals surface area contributed by atoms with E-state index in [2.05, 4.69) is 0 Å². The Kier molecular flexibility index (Phi) is 7.41. The molecule has 1 amide bonds. The highest BCUT2D eigenvalue weighted by Gasteiger charge is 2.45. The fourth-order valence-corrected chi connectivity index (χ4v) is 5.60. The van der Waals surface area contributed by atoms with Gasteiger partial charge in [0, 0.05) is 25.6 Å². The number of amides is 1. The van der Waals surface area contributed by atoms with E-state index in [1.54, 1.807) is 0 Å².